The predicted octanol–water partition coefficient (Wildman–Crippen LogP) is 1.56. The molecule has 0 radical (unpaired) electrons. The lowest BCUT2D eigenvalue weighted by molar-refractivity contribution is -0.139. The maximum atomic E-state index is 11.5. The third-order valence-electron chi connectivity index (χ3n) is 2.15. The molecule has 1 heterocycles. The van der Waals surface area contributed by atoms with E-state index in [1.807, 2.05) is 0 Å². The van der Waals surface area contributed by atoms with Crippen LogP contribution in [0.2, 0.25) is 0 Å². The Morgan fingerprint density at radius 2 is 2.33 bits per heavy atom. The summed E-state index contributed by atoms with van der Waals surface area (Å²) < 4.78 is 0.823. The van der Waals surface area contributed by atoms with E-state index in [1.165, 1.54) is 11.3 Å². The number of anilines is 1. The van der Waals surface area contributed by atoms with E-state index in [2.05, 4.69) is 26.2 Å². The molecular weight excluding hydrogens is 284 g/mol. The van der Waals surface area contributed by atoms with Crippen LogP contribution < -0.4 is 5.32 Å². The zero-order valence-electron chi connectivity index (χ0n) is 7.44. The summed E-state index contributed by atoms with van der Waals surface area (Å²) in [6.07, 6.45) is 2.01. The number of aromatic nitrogens is 1. The summed E-state index contributed by atoms with van der Waals surface area (Å²) in [5.74, 6) is -2.08. The second kappa shape index (κ2) is 3.90. The van der Waals surface area contributed by atoms with Gasteiger partial charge in [0.1, 0.15) is 0 Å². The molecule has 0 aromatic carbocycles. The molecule has 1 aliphatic carbocycles. The molecule has 1 amide bonds. The molecule has 0 unspecified atom stereocenters. The van der Waals surface area contributed by atoms with Gasteiger partial charge in [0.05, 0.1) is 21.8 Å². The lowest BCUT2D eigenvalue weighted by Gasteiger charge is -1.98. The summed E-state index contributed by atoms with van der Waals surface area (Å²) in [5.41, 5.74) is 0. The third-order valence-corrected chi connectivity index (χ3v) is 3.54. The number of carboxylic acids is 1. The van der Waals surface area contributed by atoms with E-state index in [1.54, 1.807) is 6.20 Å². The average Bonchev–Trinajstić information content (AvgIpc) is 2.86. The first-order valence-corrected chi connectivity index (χ1v) is 5.84. The Kier molecular flexibility index (Phi) is 2.74. The molecule has 0 bridgehead atoms. The Bertz CT molecular complexity index is 420. The van der Waals surface area contributed by atoms with E-state index in [9.17, 15) is 9.59 Å². The highest BCUT2D eigenvalue weighted by molar-refractivity contribution is 9.11. The third kappa shape index (κ3) is 2.35. The molecule has 1 aromatic heterocycles. The summed E-state index contributed by atoms with van der Waals surface area (Å²) in [6.45, 7) is 0. The second-order valence-corrected chi connectivity index (χ2v) is 5.66. The fraction of sp³-hybridized carbons (Fsp3) is 0.375. The van der Waals surface area contributed by atoms with Gasteiger partial charge in [-0.3, -0.25) is 9.59 Å². The zero-order valence-corrected chi connectivity index (χ0v) is 9.84. The average molecular weight is 291 g/mol. The van der Waals surface area contributed by atoms with Crippen LogP contribution in [-0.4, -0.2) is 22.0 Å². The van der Waals surface area contributed by atoms with Crippen LogP contribution in [0.5, 0.6) is 0 Å². The van der Waals surface area contributed by atoms with Crippen LogP contribution in [0.15, 0.2) is 9.98 Å². The van der Waals surface area contributed by atoms with Gasteiger partial charge in [-0.1, -0.05) is 11.3 Å². The number of carbonyl (C=O) groups is 2. The van der Waals surface area contributed by atoms with E-state index in [0.29, 0.717) is 11.6 Å². The summed E-state index contributed by atoms with van der Waals surface area (Å²) in [4.78, 5) is 25.9. The minimum atomic E-state index is -0.907. The van der Waals surface area contributed by atoms with Crippen molar-refractivity contribution in [3.63, 3.8) is 0 Å². The number of aliphatic carboxylic acids is 1. The Balaban J connectivity index is 1.92. The first kappa shape index (κ1) is 10.6. The van der Waals surface area contributed by atoms with Crippen molar-refractivity contribution >= 4 is 44.3 Å². The van der Waals surface area contributed by atoms with Crippen molar-refractivity contribution in [2.24, 2.45) is 11.8 Å². The van der Waals surface area contributed by atoms with Crippen molar-refractivity contribution in [1.82, 2.24) is 4.98 Å². The highest BCUT2D eigenvalue weighted by Crippen LogP contribution is 2.39. The van der Waals surface area contributed by atoms with E-state index in [-0.39, 0.29) is 5.91 Å². The van der Waals surface area contributed by atoms with Crippen LogP contribution in [0.3, 0.4) is 0 Å². The molecule has 0 saturated heterocycles. The number of nitrogens with one attached hydrogen (secondary N) is 1. The summed E-state index contributed by atoms with van der Waals surface area (Å²) in [6, 6.07) is 0. The van der Waals surface area contributed by atoms with E-state index in [4.69, 9.17) is 5.11 Å². The maximum absolute atomic E-state index is 11.5. The summed E-state index contributed by atoms with van der Waals surface area (Å²) in [5, 5.41) is 11.7. The number of rotatable bonds is 3. The molecule has 7 heteroatoms. The van der Waals surface area contributed by atoms with Gasteiger partial charge in [-0.25, -0.2) is 4.98 Å². The predicted molar refractivity (Wildman–Crippen MR) is 57.7 cm³/mol. The normalized spacial score (nSPS) is 23.5. The van der Waals surface area contributed by atoms with Crippen molar-refractivity contribution in [2.45, 2.75) is 6.42 Å². The van der Waals surface area contributed by atoms with Crippen molar-refractivity contribution in [1.29, 1.82) is 0 Å². The standard InChI is InChI=1S/C8H7BrN2O3S/c9-5-2-10-8(15-5)11-6(12)3-1-4(3)7(13)14/h2-4H,1H2,(H,13,14)(H,10,11,12)/t3-,4-/m1/s1. The minimum absolute atomic E-state index is 0.260. The molecule has 0 spiro atoms. The number of hydrogen-bond donors (Lipinski definition) is 2. The minimum Gasteiger partial charge on any atom is -0.481 e. The molecule has 1 fully saturated rings. The smallest absolute Gasteiger partial charge is 0.307 e. The van der Waals surface area contributed by atoms with Crippen LogP contribution in [0.1, 0.15) is 6.42 Å². The lowest BCUT2D eigenvalue weighted by Crippen LogP contribution is -2.16. The lowest BCUT2D eigenvalue weighted by atomic mass is 10.3. The first-order chi connectivity index (χ1) is 7.08. The molecule has 2 atom stereocenters. The fourth-order valence-electron chi connectivity index (χ4n) is 1.27. The van der Waals surface area contributed by atoms with Gasteiger partial charge < -0.3 is 10.4 Å². The Morgan fingerprint density at radius 1 is 1.60 bits per heavy atom. The SMILES string of the molecule is O=C(O)[C@@H]1C[C@H]1C(=O)Nc1ncc(Br)s1. The van der Waals surface area contributed by atoms with Crippen molar-refractivity contribution < 1.29 is 14.7 Å². The molecule has 1 aromatic rings. The van der Waals surface area contributed by atoms with Gasteiger partial charge >= 0.3 is 5.97 Å². The number of carbonyl (C=O) groups excluding carboxylic acids is 1. The maximum Gasteiger partial charge on any atom is 0.307 e. The number of amides is 1. The molecule has 0 aliphatic heterocycles. The quantitative estimate of drug-likeness (QED) is 0.886. The molecule has 15 heavy (non-hydrogen) atoms. The second-order valence-electron chi connectivity index (χ2n) is 3.25. The Morgan fingerprint density at radius 3 is 2.80 bits per heavy atom. The van der Waals surface area contributed by atoms with E-state index in [0.717, 1.165) is 3.79 Å². The number of nitrogens with zero attached hydrogens (tertiary/aromatic N) is 1. The van der Waals surface area contributed by atoms with Gasteiger partial charge in [-0.2, -0.15) is 0 Å². The largest absolute Gasteiger partial charge is 0.481 e. The van der Waals surface area contributed by atoms with Crippen LogP contribution >= 0.6 is 27.3 Å². The number of carboxylic acid groups (broad SMARTS) is 1. The van der Waals surface area contributed by atoms with Crippen LogP contribution in [-0.2, 0) is 9.59 Å². The van der Waals surface area contributed by atoms with Gasteiger partial charge in [-0.15, -0.1) is 0 Å². The van der Waals surface area contributed by atoms with E-state index < -0.39 is 17.8 Å². The van der Waals surface area contributed by atoms with Crippen molar-refractivity contribution in [3.8, 4) is 0 Å². The summed E-state index contributed by atoms with van der Waals surface area (Å²) in [7, 11) is 0. The number of hydrogen-bond acceptors (Lipinski definition) is 4. The monoisotopic (exact) mass is 290 g/mol. The fourth-order valence-corrected chi connectivity index (χ4v) is 2.38. The van der Waals surface area contributed by atoms with Crippen molar-refractivity contribution in [3.05, 3.63) is 9.98 Å². The number of halogens is 1. The van der Waals surface area contributed by atoms with Gasteiger partial charge in [0.2, 0.25) is 5.91 Å². The zero-order chi connectivity index (χ0) is 11.0. The van der Waals surface area contributed by atoms with Crippen LogP contribution in [0.4, 0.5) is 5.13 Å². The topological polar surface area (TPSA) is 79.3 Å². The molecule has 2 rings (SSSR count). The Labute approximate surface area is 97.6 Å². The van der Waals surface area contributed by atoms with Gasteiger partial charge in [0.25, 0.3) is 0 Å². The molecule has 1 saturated carbocycles. The highest BCUT2D eigenvalue weighted by atomic mass is 79.9. The molecule has 5 nitrogen and oxygen atoms in total. The molecular formula is C8H7BrN2O3S. The molecule has 1 aliphatic rings. The van der Waals surface area contributed by atoms with Gasteiger partial charge in [0.15, 0.2) is 5.13 Å². The number of thiazole rings is 1. The van der Waals surface area contributed by atoms with Crippen LogP contribution in [0, 0.1) is 11.8 Å². The van der Waals surface area contributed by atoms with E-state index >= 15 is 0 Å². The molecule has 80 valence electrons. The highest BCUT2D eigenvalue weighted by Gasteiger charge is 2.48. The summed E-state index contributed by atoms with van der Waals surface area (Å²) >= 11 is 4.52. The van der Waals surface area contributed by atoms with Crippen molar-refractivity contribution in [2.75, 3.05) is 5.32 Å². The van der Waals surface area contributed by atoms with Crippen LogP contribution in [0.25, 0.3) is 0 Å². The van der Waals surface area contributed by atoms with Gasteiger partial charge in [0, 0.05) is 0 Å². The molecule has 2 N–H and O–H groups in total. The van der Waals surface area contributed by atoms with Gasteiger partial charge in [-0.05, 0) is 22.4 Å². The first-order valence-electron chi connectivity index (χ1n) is 4.23. The Hall–Kier alpha value is -0.950.